The third-order valence-corrected chi connectivity index (χ3v) is 2.58. The van der Waals surface area contributed by atoms with Crippen molar-refractivity contribution < 1.29 is 18.3 Å². The van der Waals surface area contributed by atoms with Gasteiger partial charge in [0.25, 0.3) is 0 Å². The summed E-state index contributed by atoms with van der Waals surface area (Å²) in [6, 6.07) is 2.97. The molecule has 0 aliphatic carbocycles. The van der Waals surface area contributed by atoms with E-state index in [2.05, 4.69) is 5.43 Å². The highest BCUT2D eigenvalue weighted by atomic mass is 19.1. The van der Waals surface area contributed by atoms with Gasteiger partial charge in [0.05, 0.1) is 6.04 Å². The summed E-state index contributed by atoms with van der Waals surface area (Å²) in [5.41, 5.74) is 3.05. The first-order valence-electron chi connectivity index (χ1n) is 6.25. The first-order chi connectivity index (χ1) is 9.10. The van der Waals surface area contributed by atoms with Gasteiger partial charge in [0.15, 0.2) is 6.29 Å². The van der Waals surface area contributed by atoms with Crippen molar-refractivity contribution in [1.29, 1.82) is 0 Å². The van der Waals surface area contributed by atoms with Crippen LogP contribution in [0.3, 0.4) is 0 Å². The highest BCUT2D eigenvalue weighted by molar-refractivity contribution is 5.19. The van der Waals surface area contributed by atoms with Crippen LogP contribution in [-0.2, 0) is 15.9 Å². The number of hydrazine groups is 1. The van der Waals surface area contributed by atoms with Gasteiger partial charge in [-0.05, 0) is 38.0 Å². The van der Waals surface area contributed by atoms with E-state index < -0.39 is 17.9 Å². The lowest BCUT2D eigenvalue weighted by atomic mass is 10.1. The average molecular weight is 274 g/mol. The molecule has 0 aromatic heterocycles. The van der Waals surface area contributed by atoms with Crippen molar-refractivity contribution in [3.05, 3.63) is 35.4 Å². The quantitative estimate of drug-likeness (QED) is 0.431. The van der Waals surface area contributed by atoms with Gasteiger partial charge in [-0.25, -0.2) is 8.78 Å². The van der Waals surface area contributed by atoms with E-state index in [0.29, 0.717) is 25.2 Å². The maximum absolute atomic E-state index is 13.1. The predicted octanol–water partition coefficient (Wildman–Crippen LogP) is 1.74. The number of ether oxygens (including phenoxy) is 2. The average Bonchev–Trinajstić information content (AvgIpc) is 2.34. The maximum atomic E-state index is 13.1. The zero-order chi connectivity index (χ0) is 14.3. The summed E-state index contributed by atoms with van der Waals surface area (Å²) >= 11 is 0. The molecule has 0 radical (unpaired) electrons. The van der Waals surface area contributed by atoms with Crippen LogP contribution in [0.5, 0.6) is 0 Å². The number of halogens is 2. The molecule has 19 heavy (non-hydrogen) atoms. The molecular weight excluding hydrogens is 254 g/mol. The zero-order valence-electron chi connectivity index (χ0n) is 11.2. The minimum Gasteiger partial charge on any atom is -0.351 e. The summed E-state index contributed by atoms with van der Waals surface area (Å²) < 4.78 is 37.1. The Morgan fingerprint density at radius 1 is 1.11 bits per heavy atom. The van der Waals surface area contributed by atoms with Crippen LogP contribution in [0.4, 0.5) is 8.78 Å². The van der Waals surface area contributed by atoms with Gasteiger partial charge in [0.2, 0.25) is 0 Å². The van der Waals surface area contributed by atoms with Gasteiger partial charge in [-0.3, -0.25) is 11.3 Å². The fourth-order valence-electron chi connectivity index (χ4n) is 1.83. The molecule has 0 fully saturated rings. The number of rotatable bonds is 8. The number of hydrogen-bond donors (Lipinski definition) is 2. The first kappa shape index (κ1) is 16.0. The Morgan fingerprint density at radius 3 is 2.05 bits per heavy atom. The smallest absolute Gasteiger partial charge is 0.174 e. The molecule has 0 saturated heterocycles. The Morgan fingerprint density at radius 2 is 1.63 bits per heavy atom. The van der Waals surface area contributed by atoms with Crippen molar-refractivity contribution in [2.45, 2.75) is 32.6 Å². The third kappa shape index (κ3) is 5.20. The summed E-state index contributed by atoms with van der Waals surface area (Å²) in [5, 5.41) is 0. The van der Waals surface area contributed by atoms with E-state index in [1.807, 2.05) is 13.8 Å². The van der Waals surface area contributed by atoms with E-state index in [4.69, 9.17) is 15.3 Å². The summed E-state index contributed by atoms with van der Waals surface area (Å²) in [7, 11) is 0. The number of benzene rings is 1. The predicted molar refractivity (Wildman–Crippen MR) is 68.2 cm³/mol. The van der Waals surface area contributed by atoms with Gasteiger partial charge in [0, 0.05) is 19.3 Å². The van der Waals surface area contributed by atoms with Crippen LogP contribution in [0.25, 0.3) is 0 Å². The largest absolute Gasteiger partial charge is 0.351 e. The van der Waals surface area contributed by atoms with E-state index in [-0.39, 0.29) is 6.04 Å². The number of hydrogen-bond acceptors (Lipinski definition) is 4. The molecule has 0 amide bonds. The molecule has 3 N–H and O–H groups in total. The molecule has 1 aromatic carbocycles. The Hall–Kier alpha value is -1.08. The van der Waals surface area contributed by atoms with Crippen LogP contribution in [0.1, 0.15) is 19.4 Å². The summed E-state index contributed by atoms with van der Waals surface area (Å²) in [5.74, 6) is 4.23. The highest BCUT2D eigenvalue weighted by Gasteiger charge is 2.22. The Balaban J connectivity index is 2.78. The van der Waals surface area contributed by atoms with Crippen LogP contribution < -0.4 is 11.3 Å². The lowest BCUT2D eigenvalue weighted by molar-refractivity contribution is -0.153. The fraction of sp³-hybridized carbons (Fsp3) is 0.538. The molecule has 0 heterocycles. The van der Waals surface area contributed by atoms with Crippen molar-refractivity contribution in [2.24, 2.45) is 5.84 Å². The second kappa shape index (κ2) is 8.16. The van der Waals surface area contributed by atoms with Crippen molar-refractivity contribution in [3.8, 4) is 0 Å². The van der Waals surface area contributed by atoms with Crippen LogP contribution in [0, 0.1) is 11.6 Å². The minimum absolute atomic E-state index is 0.301. The van der Waals surface area contributed by atoms with Crippen LogP contribution in [0.2, 0.25) is 0 Å². The summed E-state index contributed by atoms with van der Waals surface area (Å²) in [4.78, 5) is 0. The third-order valence-electron chi connectivity index (χ3n) is 2.58. The Bertz CT molecular complexity index is 365. The van der Waals surface area contributed by atoms with E-state index >= 15 is 0 Å². The van der Waals surface area contributed by atoms with E-state index in [1.165, 1.54) is 12.1 Å². The first-order valence-corrected chi connectivity index (χ1v) is 6.25. The van der Waals surface area contributed by atoms with Gasteiger partial charge in [0.1, 0.15) is 11.6 Å². The topological polar surface area (TPSA) is 56.5 Å². The second-order valence-electron chi connectivity index (χ2n) is 4.03. The van der Waals surface area contributed by atoms with Crippen LogP contribution >= 0.6 is 0 Å². The molecule has 0 spiro atoms. The monoisotopic (exact) mass is 274 g/mol. The number of nitrogens with one attached hydrogen (secondary N) is 1. The molecule has 0 aliphatic heterocycles. The molecule has 1 unspecified atom stereocenters. The van der Waals surface area contributed by atoms with E-state index in [1.54, 1.807) is 0 Å². The molecule has 0 saturated carbocycles. The molecule has 1 atom stereocenters. The maximum Gasteiger partial charge on any atom is 0.174 e. The molecule has 1 rings (SSSR count). The molecule has 0 aliphatic rings. The Kier molecular flexibility index (Phi) is 6.86. The zero-order valence-corrected chi connectivity index (χ0v) is 11.2. The molecule has 108 valence electrons. The fourth-order valence-corrected chi connectivity index (χ4v) is 1.83. The van der Waals surface area contributed by atoms with Crippen molar-refractivity contribution in [1.82, 2.24) is 5.43 Å². The molecule has 0 bridgehead atoms. The highest BCUT2D eigenvalue weighted by Crippen LogP contribution is 2.13. The molecular formula is C13H20F2N2O2. The lowest BCUT2D eigenvalue weighted by Gasteiger charge is -2.26. The van der Waals surface area contributed by atoms with E-state index in [0.717, 1.165) is 6.07 Å². The van der Waals surface area contributed by atoms with Crippen LogP contribution in [0.15, 0.2) is 18.2 Å². The van der Waals surface area contributed by atoms with Crippen molar-refractivity contribution in [2.75, 3.05) is 13.2 Å². The standard InChI is InChI=1S/C13H20F2N2O2/c1-3-18-13(19-4-2)12(17-16)7-9-5-10(14)8-11(15)6-9/h5-6,8,12-13,17H,3-4,7,16H2,1-2H3. The van der Waals surface area contributed by atoms with Gasteiger partial charge in [-0.2, -0.15) is 0 Å². The SMILES string of the molecule is CCOC(OCC)C(Cc1cc(F)cc(F)c1)NN. The van der Waals surface area contributed by atoms with Crippen molar-refractivity contribution in [3.63, 3.8) is 0 Å². The molecule has 1 aromatic rings. The molecule has 4 nitrogen and oxygen atoms in total. The minimum atomic E-state index is -0.616. The van der Waals surface area contributed by atoms with Crippen LogP contribution in [-0.4, -0.2) is 25.5 Å². The number of nitrogens with two attached hydrogens (primary N) is 1. The van der Waals surface area contributed by atoms with Gasteiger partial charge in [-0.15, -0.1) is 0 Å². The van der Waals surface area contributed by atoms with Crippen molar-refractivity contribution >= 4 is 0 Å². The normalized spacial score (nSPS) is 12.9. The molecule has 6 heteroatoms. The lowest BCUT2D eigenvalue weighted by Crippen LogP contribution is -2.48. The Labute approximate surface area is 111 Å². The van der Waals surface area contributed by atoms with Gasteiger partial charge < -0.3 is 9.47 Å². The summed E-state index contributed by atoms with van der Waals surface area (Å²) in [6.07, 6.45) is -0.262. The van der Waals surface area contributed by atoms with E-state index in [9.17, 15) is 8.78 Å². The second-order valence-corrected chi connectivity index (χ2v) is 4.03. The van der Waals surface area contributed by atoms with Gasteiger partial charge in [-0.1, -0.05) is 0 Å². The summed E-state index contributed by atoms with van der Waals surface area (Å²) in [6.45, 7) is 4.59. The van der Waals surface area contributed by atoms with Gasteiger partial charge >= 0.3 is 0 Å².